The molecule has 1 unspecified atom stereocenters. The van der Waals surface area contributed by atoms with Gasteiger partial charge in [0.2, 0.25) is 0 Å². The quantitative estimate of drug-likeness (QED) is 0.824. The van der Waals surface area contributed by atoms with Gasteiger partial charge in [0, 0.05) is 27.5 Å². The molecule has 0 spiro atoms. The summed E-state index contributed by atoms with van der Waals surface area (Å²) in [4.78, 5) is 11.9. The first-order valence-corrected chi connectivity index (χ1v) is 7.05. The number of benzene rings is 1. The van der Waals surface area contributed by atoms with E-state index in [0.717, 1.165) is 22.4 Å². The Labute approximate surface area is 107 Å². The zero-order valence-electron chi connectivity index (χ0n) is 8.70. The van der Waals surface area contributed by atoms with Crippen LogP contribution in [0.15, 0.2) is 22.7 Å². The minimum absolute atomic E-state index is 0.0202. The summed E-state index contributed by atoms with van der Waals surface area (Å²) in [5.41, 5.74) is 6.97. The predicted molar refractivity (Wildman–Crippen MR) is 71.8 cm³/mol. The van der Waals surface area contributed by atoms with Gasteiger partial charge in [-0.2, -0.15) is 11.8 Å². The molecule has 0 saturated carbocycles. The summed E-state index contributed by atoms with van der Waals surface area (Å²) in [5, 5.41) is 3.02. The lowest BCUT2D eigenvalue weighted by Crippen LogP contribution is -2.34. The molecule has 1 saturated heterocycles. The fourth-order valence-electron chi connectivity index (χ4n) is 1.59. The van der Waals surface area contributed by atoms with Gasteiger partial charge < -0.3 is 11.1 Å². The average molecular weight is 301 g/mol. The summed E-state index contributed by atoms with van der Waals surface area (Å²) >= 11 is 5.20. The topological polar surface area (TPSA) is 55.1 Å². The molecular weight excluding hydrogens is 288 g/mol. The fourth-order valence-corrected chi connectivity index (χ4v) is 3.12. The number of rotatable bonds is 2. The van der Waals surface area contributed by atoms with Gasteiger partial charge in [0.05, 0.1) is 0 Å². The molecule has 0 aliphatic carbocycles. The Balaban J connectivity index is 2.05. The second-order valence-corrected chi connectivity index (χ2v) is 5.77. The van der Waals surface area contributed by atoms with E-state index in [1.54, 1.807) is 18.2 Å². The molecule has 0 aromatic heterocycles. The van der Waals surface area contributed by atoms with Crippen molar-refractivity contribution in [3.63, 3.8) is 0 Å². The average Bonchev–Trinajstić information content (AvgIpc) is 2.74. The molecule has 1 fully saturated rings. The molecule has 2 rings (SSSR count). The van der Waals surface area contributed by atoms with Crippen molar-refractivity contribution in [2.24, 2.45) is 0 Å². The summed E-state index contributed by atoms with van der Waals surface area (Å²) < 4.78 is 0.765. The lowest BCUT2D eigenvalue weighted by Gasteiger charge is -2.11. The number of amides is 1. The number of nitrogen functional groups attached to an aromatic ring is 1. The van der Waals surface area contributed by atoms with Crippen LogP contribution in [0.3, 0.4) is 0 Å². The van der Waals surface area contributed by atoms with Crippen molar-refractivity contribution in [1.82, 2.24) is 5.32 Å². The van der Waals surface area contributed by atoms with E-state index in [-0.39, 0.29) is 5.91 Å². The Morgan fingerprint density at radius 2 is 2.38 bits per heavy atom. The fraction of sp³-hybridized carbons (Fsp3) is 0.364. The van der Waals surface area contributed by atoms with Crippen LogP contribution in [0.5, 0.6) is 0 Å². The van der Waals surface area contributed by atoms with Gasteiger partial charge in [0.25, 0.3) is 5.91 Å². The van der Waals surface area contributed by atoms with Crippen molar-refractivity contribution in [3.05, 3.63) is 28.2 Å². The number of anilines is 1. The van der Waals surface area contributed by atoms with Crippen molar-refractivity contribution in [2.75, 3.05) is 17.2 Å². The Bertz CT molecular complexity index is 405. The van der Waals surface area contributed by atoms with Crippen LogP contribution in [0.1, 0.15) is 16.8 Å². The first-order chi connectivity index (χ1) is 7.66. The molecule has 1 atom stereocenters. The summed E-state index contributed by atoms with van der Waals surface area (Å²) in [7, 11) is 0. The first kappa shape index (κ1) is 11.8. The highest BCUT2D eigenvalue weighted by molar-refractivity contribution is 9.10. The van der Waals surface area contributed by atoms with E-state index in [1.165, 1.54) is 0 Å². The Morgan fingerprint density at radius 3 is 3.00 bits per heavy atom. The maximum absolute atomic E-state index is 11.9. The number of halogens is 1. The maximum atomic E-state index is 11.9. The lowest BCUT2D eigenvalue weighted by atomic mass is 10.1. The molecular formula is C11H13BrN2OS. The zero-order chi connectivity index (χ0) is 11.5. The molecule has 3 N–H and O–H groups in total. The lowest BCUT2D eigenvalue weighted by molar-refractivity contribution is 0.0941. The standard InChI is InChI=1S/C11H13BrN2OS/c12-9-5-7(1-2-10(9)13)11(15)14-8-3-4-16-6-8/h1-2,5,8H,3-4,6,13H2,(H,14,15). The summed E-state index contributed by atoms with van der Waals surface area (Å²) in [6.45, 7) is 0. The van der Waals surface area contributed by atoms with Crippen LogP contribution in [0, 0.1) is 0 Å². The Morgan fingerprint density at radius 1 is 1.56 bits per heavy atom. The van der Waals surface area contributed by atoms with Crippen LogP contribution in [-0.4, -0.2) is 23.5 Å². The number of hydrogen-bond donors (Lipinski definition) is 2. The van der Waals surface area contributed by atoms with Crippen molar-refractivity contribution in [2.45, 2.75) is 12.5 Å². The van der Waals surface area contributed by atoms with Crippen LogP contribution in [0.25, 0.3) is 0 Å². The van der Waals surface area contributed by atoms with Crippen molar-refractivity contribution in [1.29, 1.82) is 0 Å². The molecule has 1 heterocycles. The minimum atomic E-state index is -0.0202. The molecule has 0 radical (unpaired) electrons. The maximum Gasteiger partial charge on any atom is 0.251 e. The van der Waals surface area contributed by atoms with E-state index in [4.69, 9.17) is 5.73 Å². The third-order valence-corrected chi connectivity index (χ3v) is 4.38. The van der Waals surface area contributed by atoms with Gasteiger partial charge in [-0.05, 0) is 46.3 Å². The Hall–Kier alpha value is -0.680. The molecule has 0 bridgehead atoms. The number of nitrogens with two attached hydrogens (primary N) is 1. The highest BCUT2D eigenvalue weighted by atomic mass is 79.9. The van der Waals surface area contributed by atoms with Crippen molar-refractivity contribution >= 4 is 39.3 Å². The molecule has 1 aliphatic rings. The number of carbonyl (C=O) groups excluding carboxylic acids is 1. The largest absolute Gasteiger partial charge is 0.398 e. The number of nitrogens with one attached hydrogen (secondary N) is 1. The molecule has 3 nitrogen and oxygen atoms in total. The van der Waals surface area contributed by atoms with E-state index in [2.05, 4.69) is 21.2 Å². The van der Waals surface area contributed by atoms with Crippen LogP contribution in [0.4, 0.5) is 5.69 Å². The number of carbonyl (C=O) groups is 1. The van der Waals surface area contributed by atoms with Gasteiger partial charge in [-0.15, -0.1) is 0 Å². The third kappa shape index (κ3) is 2.71. The second kappa shape index (κ2) is 5.10. The van der Waals surface area contributed by atoms with Crippen molar-refractivity contribution < 1.29 is 4.79 Å². The smallest absolute Gasteiger partial charge is 0.251 e. The highest BCUT2D eigenvalue weighted by Gasteiger charge is 2.18. The molecule has 1 aromatic carbocycles. The minimum Gasteiger partial charge on any atom is -0.398 e. The zero-order valence-corrected chi connectivity index (χ0v) is 11.1. The highest BCUT2D eigenvalue weighted by Crippen LogP contribution is 2.21. The molecule has 1 aliphatic heterocycles. The number of thioether (sulfide) groups is 1. The van der Waals surface area contributed by atoms with Crippen molar-refractivity contribution in [3.8, 4) is 0 Å². The molecule has 1 amide bonds. The van der Waals surface area contributed by atoms with E-state index < -0.39 is 0 Å². The second-order valence-electron chi connectivity index (χ2n) is 3.77. The normalized spacial score (nSPS) is 19.7. The van der Waals surface area contributed by atoms with Gasteiger partial charge >= 0.3 is 0 Å². The number of hydrogen-bond acceptors (Lipinski definition) is 3. The van der Waals surface area contributed by atoms with E-state index in [9.17, 15) is 4.79 Å². The van der Waals surface area contributed by atoms with Gasteiger partial charge in [-0.3, -0.25) is 4.79 Å². The van der Waals surface area contributed by atoms with E-state index in [1.807, 2.05) is 11.8 Å². The van der Waals surface area contributed by atoms with Crippen LogP contribution in [-0.2, 0) is 0 Å². The summed E-state index contributed by atoms with van der Waals surface area (Å²) in [6.07, 6.45) is 1.06. The van der Waals surface area contributed by atoms with Gasteiger partial charge in [-0.25, -0.2) is 0 Å². The van der Waals surface area contributed by atoms with Crippen LogP contribution < -0.4 is 11.1 Å². The molecule has 16 heavy (non-hydrogen) atoms. The van der Waals surface area contributed by atoms with Gasteiger partial charge in [-0.1, -0.05) is 0 Å². The third-order valence-electron chi connectivity index (χ3n) is 2.53. The SMILES string of the molecule is Nc1ccc(C(=O)NC2CCSC2)cc1Br. The van der Waals surface area contributed by atoms with Crippen LogP contribution in [0.2, 0.25) is 0 Å². The molecule has 86 valence electrons. The molecule has 1 aromatic rings. The van der Waals surface area contributed by atoms with Gasteiger partial charge in [0.1, 0.15) is 0 Å². The molecule has 5 heteroatoms. The summed E-state index contributed by atoms with van der Waals surface area (Å²) in [6, 6.07) is 5.56. The first-order valence-electron chi connectivity index (χ1n) is 5.10. The predicted octanol–water partition coefficient (Wildman–Crippen LogP) is 2.27. The van der Waals surface area contributed by atoms with Crippen LogP contribution >= 0.6 is 27.7 Å². The van der Waals surface area contributed by atoms with E-state index in [0.29, 0.717) is 17.3 Å². The monoisotopic (exact) mass is 300 g/mol. The van der Waals surface area contributed by atoms with Gasteiger partial charge in [0.15, 0.2) is 0 Å². The summed E-state index contributed by atoms with van der Waals surface area (Å²) in [5.74, 6) is 2.13. The van der Waals surface area contributed by atoms with E-state index >= 15 is 0 Å². The Kier molecular flexibility index (Phi) is 3.76.